The number of hydrogen-bond acceptors (Lipinski definition) is 2. The lowest BCUT2D eigenvalue weighted by Gasteiger charge is -1.99. The highest BCUT2D eigenvalue weighted by atomic mass is 19.1. The van der Waals surface area contributed by atoms with E-state index in [0.717, 1.165) is 0 Å². The van der Waals surface area contributed by atoms with Gasteiger partial charge in [-0.25, -0.2) is 23.1 Å². The van der Waals surface area contributed by atoms with Crippen molar-refractivity contribution in [2.45, 2.75) is 20.0 Å². The van der Waals surface area contributed by atoms with E-state index in [9.17, 15) is 13.2 Å². The van der Waals surface area contributed by atoms with Crippen LogP contribution in [0.25, 0.3) is 0 Å². The second-order valence-corrected chi connectivity index (χ2v) is 2.17. The molecule has 5 heteroatoms. The van der Waals surface area contributed by atoms with Gasteiger partial charge in [-0.3, -0.25) is 0 Å². The Morgan fingerprint density at radius 1 is 0.917 bits per heavy atom. The Bertz CT molecular complexity index is 210. The topological polar surface area (TPSA) is 25.8 Å². The number of rotatable bonds is 3. The second-order valence-electron chi connectivity index (χ2n) is 2.17. The molecule has 0 bridgehead atoms. The number of hydrogen-bond donors (Lipinski definition) is 0. The average Bonchev–Trinajstić information content (AvgIpc) is 2.16. The summed E-state index contributed by atoms with van der Waals surface area (Å²) >= 11 is 0. The minimum Gasteiger partial charge on any atom is -0.244 e. The zero-order chi connectivity index (χ0) is 8.97. The molecular weight excluding hydrogens is 169 g/mol. The fraction of sp³-hybridized carbons (Fsp3) is 0.429. The molecule has 0 spiro atoms. The van der Waals surface area contributed by atoms with Gasteiger partial charge in [0.15, 0.2) is 5.82 Å². The fourth-order valence-electron chi connectivity index (χ4n) is 0.810. The fourth-order valence-corrected chi connectivity index (χ4v) is 0.810. The number of alkyl halides is 3. The smallest absolute Gasteiger partial charge is 0.160 e. The molecule has 66 valence electrons. The van der Waals surface area contributed by atoms with Crippen molar-refractivity contribution in [3.05, 3.63) is 23.3 Å². The van der Waals surface area contributed by atoms with Crippen LogP contribution in [0.5, 0.6) is 0 Å². The van der Waals surface area contributed by atoms with Crippen LogP contribution in [0.4, 0.5) is 13.2 Å². The molecule has 0 saturated carbocycles. The average molecular weight is 176 g/mol. The van der Waals surface area contributed by atoms with E-state index in [-0.39, 0.29) is 17.2 Å². The Morgan fingerprint density at radius 3 is 1.75 bits per heavy atom. The lowest BCUT2D eigenvalue weighted by Crippen LogP contribution is -2.00. The van der Waals surface area contributed by atoms with Gasteiger partial charge in [0, 0.05) is 0 Å². The first-order valence-corrected chi connectivity index (χ1v) is 3.33. The minimum absolute atomic E-state index is 0.0188. The van der Waals surface area contributed by atoms with Crippen molar-refractivity contribution >= 4 is 0 Å². The van der Waals surface area contributed by atoms with Gasteiger partial charge in [-0.05, 0) is 6.07 Å². The van der Waals surface area contributed by atoms with E-state index < -0.39 is 20.0 Å². The van der Waals surface area contributed by atoms with Gasteiger partial charge >= 0.3 is 0 Å². The molecule has 0 aliphatic rings. The SMILES string of the molecule is FCc1cc(CF)nc(CF)n1. The van der Waals surface area contributed by atoms with Crippen molar-refractivity contribution in [3.63, 3.8) is 0 Å². The van der Waals surface area contributed by atoms with Crippen molar-refractivity contribution in [1.82, 2.24) is 9.97 Å². The molecule has 2 nitrogen and oxygen atoms in total. The van der Waals surface area contributed by atoms with Crippen LogP contribution in [0.15, 0.2) is 6.07 Å². The van der Waals surface area contributed by atoms with Crippen molar-refractivity contribution in [3.8, 4) is 0 Å². The van der Waals surface area contributed by atoms with Gasteiger partial charge in [-0.15, -0.1) is 0 Å². The highest BCUT2D eigenvalue weighted by molar-refractivity contribution is 5.09. The standard InChI is InChI=1S/C7H7F3N2/c8-2-5-1-6(3-9)12-7(4-10)11-5/h1H,2-4H2. The number of halogens is 3. The van der Waals surface area contributed by atoms with Gasteiger partial charge in [0.05, 0.1) is 11.4 Å². The summed E-state index contributed by atoms with van der Waals surface area (Å²) in [5, 5.41) is 0. The maximum atomic E-state index is 12.0. The van der Waals surface area contributed by atoms with Gasteiger partial charge in [-0.2, -0.15) is 0 Å². The van der Waals surface area contributed by atoms with Gasteiger partial charge in [-0.1, -0.05) is 0 Å². The largest absolute Gasteiger partial charge is 0.244 e. The monoisotopic (exact) mass is 176 g/mol. The molecule has 1 aromatic heterocycles. The van der Waals surface area contributed by atoms with E-state index in [1.807, 2.05) is 0 Å². The quantitative estimate of drug-likeness (QED) is 0.702. The molecule has 12 heavy (non-hydrogen) atoms. The summed E-state index contributed by atoms with van der Waals surface area (Å²) in [6.45, 7) is -2.56. The minimum atomic E-state index is -0.902. The predicted octanol–water partition coefficient (Wildman–Crippen LogP) is 1.89. The number of nitrogens with zero attached hydrogens (tertiary/aromatic N) is 2. The van der Waals surface area contributed by atoms with E-state index in [0.29, 0.717) is 0 Å². The molecule has 0 atom stereocenters. The van der Waals surface area contributed by atoms with Crippen LogP contribution in [0.2, 0.25) is 0 Å². The van der Waals surface area contributed by atoms with Crippen LogP contribution < -0.4 is 0 Å². The maximum absolute atomic E-state index is 12.0. The summed E-state index contributed by atoms with van der Waals surface area (Å²) in [5.41, 5.74) is 0.0376. The molecule has 1 heterocycles. The first-order chi connectivity index (χ1) is 5.80. The lowest BCUT2D eigenvalue weighted by molar-refractivity contribution is 0.434. The third-order valence-electron chi connectivity index (χ3n) is 1.27. The molecule has 0 fully saturated rings. The van der Waals surface area contributed by atoms with Crippen molar-refractivity contribution in [1.29, 1.82) is 0 Å². The summed E-state index contributed by atoms with van der Waals surface area (Å²) in [4.78, 5) is 6.98. The molecule has 0 unspecified atom stereocenters. The van der Waals surface area contributed by atoms with Crippen molar-refractivity contribution in [2.75, 3.05) is 0 Å². The second kappa shape index (κ2) is 4.04. The molecule has 0 aromatic carbocycles. The Kier molecular flexibility index (Phi) is 3.01. The van der Waals surface area contributed by atoms with Crippen LogP contribution in [0.3, 0.4) is 0 Å². The first-order valence-electron chi connectivity index (χ1n) is 3.33. The molecule has 0 N–H and O–H groups in total. The van der Waals surface area contributed by atoms with Gasteiger partial charge < -0.3 is 0 Å². The third kappa shape index (κ3) is 1.93. The molecule has 0 aliphatic heterocycles. The van der Waals surface area contributed by atoms with Crippen molar-refractivity contribution < 1.29 is 13.2 Å². The van der Waals surface area contributed by atoms with Gasteiger partial charge in [0.1, 0.15) is 20.0 Å². The van der Waals surface area contributed by atoms with Crippen LogP contribution in [-0.4, -0.2) is 9.97 Å². The Morgan fingerprint density at radius 2 is 1.42 bits per heavy atom. The predicted molar refractivity (Wildman–Crippen MR) is 36.5 cm³/mol. The normalized spacial score (nSPS) is 10.2. The summed E-state index contributed by atoms with van der Waals surface area (Å²) in [6.07, 6.45) is 0. The molecule has 0 aliphatic carbocycles. The zero-order valence-corrected chi connectivity index (χ0v) is 6.23. The van der Waals surface area contributed by atoms with Crippen LogP contribution in [-0.2, 0) is 20.0 Å². The van der Waals surface area contributed by atoms with E-state index in [1.165, 1.54) is 6.07 Å². The van der Waals surface area contributed by atoms with E-state index >= 15 is 0 Å². The highest BCUT2D eigenvalue weighted by Gasteiger charge is 2.03. The van der Waals surface area contributed by atoms with Crippen LogP contribution >= 0.6 is 0 Å². The maximum Gasteiger partial charge on any atom is 0.160 e. The van der Waals surface area contributed by atoms with Crippen LogP contribution in [0.1, 0.15) is 17.2 Å². The first kappa shape index (κ1) is 8.96. The van der Waals surface area contributed by atoms with Crippen molar-refractivity contribution in [2.24, 2.45) is 0 Å². The lowest BCUT2D eigenvalue weighted by atomic mass is 10.3. The van der Waals surface area contributed by atoms with E-state index in [4.69, 9.17) is 0 Å². The Balaban J connectivity index is 3.01. The Hall–Kier alpha value is -1.13. The van der Waals surface area contributed by atoms with Crippen LogP contribution in [0, 0.1) is 0 Å². The summed E-state index contributed by atoms with van der Waals surface area (Å²) in [6, 6.07) is 1.18. The number of aromatic nitrogens is 2. The van der Waals surface area contributed by atoms with Gasteiger partial charge in [0.2, 0.25) is 0 Å². The summed E-state index contributed by atoms with van der Waals surface area (Å²) in [7, 11) is 0. The molecule has 0 saturated heterocycles. The van der Waals surface area contributed by atoms with E-state index in [2.05, 4.69) is 9.97 Å². The summed E-state index contributed by atoms with van der Waals surface area (Å²) < 4.78 is 36.0. The molecule has 1 rings (SSSR count). The summed E-state index contributed by atoms with van der Waals surface area (Å²) in [5.74, 6) is -0.169. The molecule has 0 amide bonds. The zero-order valence-electron chi connectivity index (χ0n) is 6.23. The highest BCUT2D eigenvalue weighted by Crippen LogP contribution is 2.05. The van der Waals surface area contributed by atoms with Gasteiger partial charge in [0.25, 0.3) is 0 Å². The molecular formula is C7H7F3N2. The molecule has 0 radical (unpaired) electrons. The van der Waals surface area contributed by atoms with E-state index in [1.54, 1.807) is 0 Å². The third-order valence-corrected chi connectivity index (χ3v) is 1.27. The Labute approximate surface area is 67.5 Å². The molecule has 1 aromatic rings.